The molecule has 0 aliphatic rings. The molecule has 0 heterocycles. The second kappa shape index (κ2) is 7.27. The van der Waals surface area contributed by atoms with Gasteiger partial charge in [0.2, 0.25) is 0 Å². The fourth-order valence-corrected chi connectivity index (χ4v) is 3.15. The van der Waals surface area contributed by atoms with Gasteiger partial charge in [0.25, 0.3) is 0 Å². The molecule has 0 spiro atoms. The van der Waals surface area contributed by atoms with Crippen molar-refractivity contribution in [3.05, 3.63) is 35.9 Å². The molecule has 0 aliphatic heterocycles. The average molecular weight is 285 g/mol. The van der Waals surface area contributed by atoms with Crippen molar-refractivity contribution in [2.75, 3.05) is 5.75 Å². The van der Waals surface area contributed by atoms with Gasteiger partial charge in [-0.3, -0.25) is 0 Å². The normalized spacial score (nSPS) is 12.4. The van der Waals surface area contributed by atoms with E-state index in [1.807, 2.05) is 11.8 Å². The van der Waals surface area contributed by atoms with Gasteiger partial charge >= 0.3 is 105 Å². The maximum absolute atomic E-state index is 3.21. The molecule has 82 valence electrons. The first-order chi connectivity index (χ1) is 7.25. The molecule has 2 heteroatoms. The van der Waals surface area contributed by atoms with Crippen LogP contribution >= 0.6 is 11.8 Å². The average Bonchev–Trinajstić information content (AvgIpc) is 2.29. The number of rotatable bonds is 6. The molecular formula is C13H18SSe. The summed E-state index contributed by atoms with van der Waals surface area (Å²) in [6.45, 7) is 4.50. The molecule has 0 saturated heterocycles. The van der Waals surface area contributed by atoms with Crippen LogP contribution in [-0.2, 0) is 0 Å². The fraction of sp³-hybridized carbons (Fsp3) is 0.462. The van der Waals surface area contributed by atoms with E-state index in [0.717, 1.165) is 0 Å². The third kappa shape index (κ3) is 4.54. The zero-order chi connectivity index (χ0) is 11.1. The zero-order valence-electron chi connectivity index (χ0n) is 9.40. The number of thioether (sulfide) groups is 1. The van der Waals surface area contributed by atoms with Gasteiger partial charge in [0.05, 0.1) is 0 Å². The molecule has 0 aromatic heterocycles. The molecule has 1 aromatic rings. The third-order valence-corrected chi connectivity index (χ3v) is 5.01. The van der Waals surface area contributed by atoms with Gasteiger partial charge in [-0.25, -0.2) is 0 Å². The van der Waals surface area contributed by atoms with Crippen molar-refractivity contribution in [2.24, 2.45) is 0 Å². The van der Waals surface area contributed by atoms with Gasteiger partial charge in [-0.1, -0.05) is 0 Å². The van der Waals surface area contributed by atoms with Crippen molar-refractivity contribution < 1.29 is 0 Å². The standard InChI is InChI=1S/C13H18SSe/c1-3-4-10-14-13(15)11(2)12-8-6-5-7-9-12/h5-9,11H,3-4,10H2,1-2H3. The summed E-state index contributed by atoms with van der Waals surface area (Å²) in [7, 11) is 0. The molecule has 0 N–H and O–H groups in total. The predicted octanol–water partition coefficient (Wildman–Crippen LogP) is 3.62. The SMILES string of the molecule is CCCCSC(=[Se])C(C)c1ccccc1. The summed E-state index contributed by atoms with van der Waals surface area (Å²) in [6.07, 6.45) is 2.58. The first-order valence-corrected chi connectivity index (χ1v) is 7.31. The van der Waals surface area contributed by atoms with Crippen LogP contribution in [0.15, 0.2) is 30.3 Å². The van der Waals surface area contributed by atoms with Gasteiger partial charge in [0.1, 0.15) is 0 Å². The summed E-state index contributed by atoms with van der Waals surface area (Å²) in [5.74, 6) is 1.75. The predicted molar refractivity (Wildman–Crippen MR) is 73.0 cm³/mol. The first kappa shape index (κ1) is 13.0. The second-order valence-corrected chi connectivity index (χ2v) is 6.30. The van der Waals surface area contributed by atoms with Crippen LogP contribution < -0.4 is 0 Å². The second-order valence-electron chi connectivity index (χ2n) is 3.65. The van der Waals surface area contributed by atoms with E-state index in [0.29, 0.717) is 5.92 Å². The summed E-state index contributed by atoms with van der Waals surface area (Å²) < 4.78 is 1.41. The Hall–Kier alpha value is -0.0405. The van der Waals surface area contributed by atoms with Crippen molar-refractivity contribution >= 4 is 31.1 Å². The quantitative estimate of drug-likeness (QED) is 0.568. The Balaban J connectivity index is 2.46. The summed E-state index contributed by atoms with van der Waals surface area (Å²) in [5.41, 5.74) is 1.40. The van der Waals surface area contributed by atoms with Crippen molar-refractivity contribution in [1.29, 1.82) is 0 Å². The van der Waals surface area contributed by atoms with E-state index in [1.165, 1.54) is 27.9 Å². The number of unbranched alkanes of at least 4 members (excludes halogenated alkanes) is 1. The zero-order valence-corrected chi connectivity index (χ0v) is 11.9. The van der Waals surface area contributed by atoms with Crippen molar-refractivity contribution in [3.8, 4) is 0 Å². The number of hydrogen-bond donors (Lipinski definition) is 0. The van der Waals surface area contributed by atoms with Gasteiger partial charge in [-0.2, -0.15) is 0 Å². The van der Waals surface area contributed by atoms with Crippen LogP contribution in [0.25, 0.3) is 0 Å². The summed E-state index contributed by atoms with van der Waals surface area (Å²) in [5, 5.41) is 0. The van der Waals surface area contributed by atoms with Crippen LogP contribution in [0.4, 0.5) is 0 Å². The van der Waals surface area contributed by atoms with Gasteiger partial charge in [-0.05, 0) is 0 Å². The Morgan fingerprint density at radius 1 is 1.33 bits per heavy atom. The van der Waals surface area contributed by atoms with Gasteiger partial charge in [0.15, 0.2) is 0 Å². The van der Waals surface area contributed by atoms with E-state index in [9.17, 15) is 0 Å². The number of benzene rings is 1. The van der Waals surface area contributed by atoms with Crippen LogP contribution in [-0.4, -0.2) is 25.1 Å². The van der Waals surface area contributed by atoms with Crippen LogP contribution in [0.2, 0.25) is 0 Å². The topological polar surface area (TPSA) is 0 Å². The van der Waals surface area contributed by atoms with Crippen molar-refractivity contribution in [1.82, 2.24) is 0 Å². The minimum atomic E-state index is 0.521. The Morgan fingerprint density at radius 3 is 2.60 bits per heavy atom. The molecule has 0 nitrogen and oxygen atoms in total. The van der Waals surface area contributed by atoms with Crippen molar-refractivity contribution in [3.63, 3.8) is 0 Å². The summed E-state index contributed by atoms with van der Waals surface area (Å²) >= 11 is 5.18. The minimum absolute atomic E-state index is 0.521. The van der Waals surface area contributed by atoms with Gasteiger partial charge in [0, 0.05) is 0 Å². The first-order valence-electron chi connectivity index (χ1n) is 5.47. The van der Waals surface area contributed by atoms with Crippen LogP contribution in [0.1, 0.15) is 38.2 Å². The van der Waals surface area contributed by atoms with Crippen LogP contribution in [0.5, 0.6) is 0 Å². The van der Waals surface area contributed by atoms with Crippen LogP contribution in [0, 0.1) is 0 Å². The van der Waals surface area contributed by atoms with Gasteiger partial charge < -0.3 is 0 Å². The Kier molecular flexibility index (Phi) is 6.31. The van der Waals surface area contributed by atoms with E-state index in [1.54, 1.807) is 0 Å². The molecule has 0 amide bonds. The van der Waals surface area contributed by atoms with E-state index in [2.05, 4.69) is 59.8 Å². The summed E-state index contributed by atoms with van der Waals surface area (Å²) in [4.78, 5) is 0. The molecule has 0 bridgehead atoms. The molecule has 1 unspecified atom stereocenters. The Bertz CT molecular complexity index is 295. The Labute approximate surface area is 105 Å². The monoisotopic (exact) mass is 286 g/mol. The molecule has 1 rings (SSSR count). The van der Waals surface area contributed by atoms with E-state index in [4.69, 9.17) is 0 Å². The summed E-state index contributed by atoms with van der Waals surface area (Å²) in [6, 6.07) is 10.7. The molecule has 1 aromatic carbocycles. The molecule has 0 radical (unpaired) electrons. The van der Waals surface area contributed by atoms with Gasteiger partial charge in [-0.15, -0.1) is 0 Å². The van der Waals surface area contributed by atoms with Crippen molar-refractivity contribution in [2.45, 2.75) is 32.6 Å². The Morgan fingerprint density at radius 2 is 2.00 bits per heavy atom. The maximum atomic E-state index is 3.21. The number of hydrogen-bond acceptors (Lipinski definition) is 1. The van der Waals surface area contributed by atoms with Crippen LogP contribution in [0.3, 0.4) is 0 Å². The fourth-order valence-electron chi connectivity index (χ4n) is 1.32. The third-order valence-electron chi connectivity index (χ3n) is 2.40. The molecule has 1 atom stereocenters. The van der Waals surface area contributed by atoms with E-state index < -0.39 is 0 Å². The van der Waals surface area contributed by atoms with E-state index in [-0.39, 0.29) is 0 Å². The molecule has 0 saturated carbocycles. The van der Waals surface area contributed by atoms with E-state index >= 15 is 0 Å². The molecule has 0 aliphatic carbocycles. The molecular weight excluding hydrogens is 267 g/mol. The molecule has 0 fully saturated rings. The molecule has 15 heavy (non-hydrogen) atoms.